The van der Waals surface area contributed by atoms with E-state index in [0.29, 0.717) is 23.9 Å². The third kappa shape index (κ3) is 33.1. The third-order valence-corrected chi connectivity index (χ3v) is 10.4. The Morgan fingerprint density at radius 3 is 1.43 bits per heavy atom. The molecule has 0 aliphatic rings. The Kier molecular flexibility index (Phi) is 31.8. The Labute approximate surface area is 302 Å². The number of unbranched alkanes of at least 4 members (excludes halogenated alkanes) is 23. The first-order valence-electron chi connectivity index (χ1n) is 20.5. The van der Waals surface area contributed by atoms with E-state index in [1.807, 2.05) is 21.1 Å². The summed E-state index contributed by atoms with van der Waals surface area (Å²) in [5.41, 5.74) is 0. The molecule has 0 bridgehead atoms. The summed E-state index contributed by atoms with van der Waals surface area (Å²) in [7, 11) is 1.44. The van der Waals surface area contributed by atoms with Crippen molar-refractivity contribution in [3.05, 3.63) is 0 Å². The van der Waals surface area contributed by atoms with E-state index in [1.165, 1.54) is 122 Å². The zero-order valence-corrected chi connectivity index (χ0v) is 33.7. The number of hydrogen-bond acceptors (Lipinski definition) is 6. The fourth-order valence-electron chi connectivity index (χ4n) is 6.08. The number of carbonyl (C=O) groups excluding carboxylic acids is 1. The highest BCUT2D eigenvalue weighted by Crippen LogP contribution is 2.43. The molecule has 4 atom stereocenters. The van der Waals surface area contributed by atoms with Crippen LogP contribution in [0.1, 0.15) is 187 Å². The second kappa shape index (κ2) is 32.1. The van der Waals surface area contributed by atoms with Crippen LogP contribution in [0.2, 0.25) is 0 Å². The number of rotatable bonds is 37. The van der Waals surface area contributed by atoms with Gasteiger partial charge in [0.15, 0.2) is 0 Å². The number of nitrogens with zero attached hydrogens (tertiary/aromatic N) is 1. The van der Waals surface area contributed by atoms with Crippen LogP contribution < -0.4 is 5.32 Å². The molecule has 49 heavy (non-hydrogen) atoms. The highest BCUT2D eigenvalue weighted by Gasteiger charge is 2.31. The number of phosphoric ester groups is 1. The van der Waals surface area contributed by atoms with E-state index < -0.39 is 32.7 Å². The average molecular weight is 722 g/mol. The van der Waals surface area contributed by atoms with Crippen LogP contribution >= 0.6 is 7.82 Å². The first-order valence-corrected chi connectivity index (χ1v) is 22.0. The smallest absolute Gasteiger partial charge is 0.390 e. The van der Waals surface area contributed by atoms with E-state index in [9.17, 15) is 24.5 Å². The summed E-state index contributed by atoms with van der Waals surface area (Å²) in [6.07, 6.45) is 28.6. The number of likely N-dealkylation sites (N-methyl/N-ethyl adjacent to an activating group) is 1. The van der Waals surface area contributed by atoms with Crippen LogP contribution in [0, 0.1) is 0 Å². The summed E-state index contributed by atoms with van der Waals surface area (Å²) in [4.78, 5) is 23.1. The third-order valence-electron chi connectivity index (χ3n) is 9.45. The molecule has 0 rings (SSSR count). The minimum atomic E-state index is -4.40. The first-order chi connectivity index (χ1) is 23.4. The Hall–Kier alpha value is -0.540. The molecule has 0 saturated carbocycles. The van der Waals surface area contributed by atoms with Crippen LogP contribution in [0.15, 0.2) is 0 Å². The minimum Gasteiger partial charge on any atom is -0.390 e. The monoisotopic (exact) mass is 722 g/mol. The first kappa shape index (κ1) is 48.5. The zero-order valence-electron chi connectivity index (χ0n) is 32.8. The van der Waals surface area contributed by atoms with Gasteiger partial charge >= 0.3 is 7.82 Å². The van der Waals surface area contributed by atoms with Crippen molar-refractivity contribution in [2.45, 2.75) is 205 Å². The average Bonchev–Trinajstić information content (AvgIpc) is 3.04. The lowest BCUT2D eigenvalue weighted by Gasteiger charge is -2.28. The molecule has 0 fully saturated rings. The Balaban J connectivity index is 4.56. The number of quaternary nitrogens is 1. The fourth-order valence-corrected chi connectivity index (χ4v) is 6.82. The van der Waals surface area contributed by atoms with Gasteiger partial charge in [-0.25, -0.2) is 4.57 Å². The lowest BCUT2D eigenvalue weighted by atomic mass is 9.99. The SMILES string of the molecule is CCCCCCCCCCCCCCCC(=O)N[C@H](COP(=O)(O)OCC[N+](C)(C)C)[C@H](O)[C@H](O)CCCCCCCCCCCCCC. The maximum Gasteiger partial charge on any atom is 0.472 e. The summed E-state index contributed by atoms with van der Waals surface area (Å²) in [5, 5.41) is 24.6. The summed E-state index contributed by atoms with van der Waals surface area (Å²) in [6, 6.07) is -1.02. The van der Waals surface area contributed by atoms with Crippen LogP contribution in [0.4, 0.5) is 0 Å². The van der Waals surface area contributed by atoms with Gasteiger partial charge in [-0.1, -0.05) is 168 Å². The number of amides is 1. The predicted octanol–water partition coefficient (Wildman–Crippen LogP) is 9.61. The van der Waals surface area contributed by atoms with E-state index >= 15 is 0 Å². The maximum absolute atomic E-state index is 12.8. The standard InChI is InChI=1S/C39H81N2O7P/c1-6-8-10-12-14-16-18-20-22-24-26-28-30-32-38(43)40-36(35-48-49(45,46)47-34-33-41(3,4)5)39(44)37(42)31-29-27-25-23-21-19-17-15-13-11-9-7-2/h36-37,39,42,44H,6-35H2,1-5H3,(H-,40,43,45,46)/p+1/t36-,37-,39+/m1/s1. The molecular weight excluding hydrogens is 639 g/mol. The summed E-state index contributed by atoms with van der Waals surface area (Å²) < 4.78 is 23.4. The maximum atomic E-state index is 12.8. The van der Waals surface area contributed by atoms with Crippen LogP contribution in [0.3, 0.4) is 0 Å². The zero-order chi connectivity index (χ0) is 36.6. The van der Waals surface area contributed by atoms with E-state index in [4.69, 9.17) is 9.05 Å². The molecule has 0 radical (unpaired) electrons. The van der Waals surface area contributed by atoms with E-state index in [2.05, 4.69) is 19.2 Å². The molecule has 4 N–H and O–H groups in total. The van der Waals surface area contributed by atoms with Gasteiger partial charge in [-0.3, -0.25) is 13.8 Å². The van der Waals surface area contributed by atoms with Crippen LogP contribution in [-0.2, 0) is 18.4 Å². The van der Waals surface area contributed by atoms with Crippen molar-refractivity contribution in [2.24, 2.45) is 0 Å². The second-order valence-corrected chi connectivity index (χ2v) is 17.0. The summed E-state index contributed by atoms with van der Waals surface area (Å²) in [6.45, 7) is 4.59. The number of nitrogens with one attached hydrogen (secondary N) is 1. The van der Waals surface area contributed by atoms with Crippen molar-refractivity contribution in [3.8, 4) is 0 Å². The van der Waals surface area contributed by atoms with Crippen LogP contribution in [0.25, 0.3) is 0 Å². The molecule has 0 aliphatic heterocycles. The lowest BCUT2D eigenvalue weighted by molar-refractivity contribution is -0.870. The summed E-state index contributed by atoms with van der Waals surface area (Å²) >= 11 is 0. The van der Waals surface area contributed by atoms with Gasteiger partial charge in [0.1, 0.15) is 19.3 Å². The van der Waals surface area contributed by atoms with Crippen molar-refractivity contribution >= 4 is 13.7 Å². The molecule has 0 spiro atoms. The van der Waals surface area contributed by atoms with E-state index in [0.717, 1.165) is 38.5 Å². The number of aliphatic hydroxyl groups is 2. The molecule has 10 heteroatoms. The van der Waals surface area contributed by atoms with Gasteiger partial charge < -0.3 is 24.9 Å². The van der Waals surface area contributed by atoms with Crippen molar-refractivity contribution in [1.29, 1.82) is 0 Å². The predicted molar refractivity (Wildman–Crippen MR) is 205 cm³/mol. The molecule has 0 aliphatic carbocycles. The van der Waals surface area contributed by atoms with Crippen LogP contribution in [0.5, 0.6) is 0 Å². The van der Waals surface area contributed by atoms with Gasteiger partial charge in [0, 0.05) is 6.42 Å². The van der Waals surface area contributed by atoms with Gasteiger partial charge in [0.2, 0.25) is 5.91 Å². The largest absolute Gasteiger partial charge is 0.472 e. The molecular formula is C39H82N2O7P+. The highest BCUT2D eigenvalue weighted by atomic mass is 31.2. The molecule has 0 heterocycles. The van der Waals surface area contributed by atoms with Crippen LogP contribution in [-0.4, -0.2) is 84.6 Å². The molecule has 1 amide bonds. The molecule has 1 unspecified atom stereocenters. The molecule has 9 nitrogen and oxygen atoms in total. The Morgan fingerprint density at radius 1 is 0.633 bits per heavy atom. The minimum absolute atomic E-state index is 0.0253. The Morgan fingerprint density at radius 2 is 1.02 bits per heavy atom. The molecule has 294 valence electrons. The van der Waals surface area contributed by atoms with Gasteiger partial charge in [-0.05, 0) is 12.8 Å². The molecule has 0 aromatic rings. The highest BCUT2D eigenvalue weighted by molar-refractivity contribution is 7.47. The normalized spacial score (nSPS) is 15.2. The summed E-state index contributed by atoms with van der Waals surface area (Å²) in [5.74, 6) is -0.257. The van der Waals surface area contributed by atoms with Crippen molar-refractivity contribution in [1.82, 2.24) is 5.32 Å². The van der Waals surface area contributed by atoms with Crippen molar-refractivity contribution in [2.75, 3.05) is 40.9 Å². The van der Waals surface area contributed by atoms with Gasteiger partial charge in [-0.2, -0.15) is 0 Å². The number of hydrogen-bond donors (Lipinski definition) is 4. The van der Waals surface area contributed by atoms with Gasteiger partial charge in [-0.15, -0.1) is 0 Å². The topological polar surface area (TPSA) is 125 Å². The fraction of sp³-hybridized carbons (Fsp3) is 0.974. The molecule has 0 aromatic carbocycles. The number of carbonyl (C=O) groups is 1. The molecule has 0 saturated heterocycles. The van der Waals surface area contributed by atoms with E-state index in [1.54, 1.807) is 0 Å². The van der Waals surface area contributed by atoms with Gasteiger partial charge in [0.05, 0.1) is 39.9 Å². The van der Waals surface area contributed by atoms with E-state index in [-0.39, 0.29) is 12.5 Å². The van der Waals surface area contributed by atoms with Crippen molar-refractivity contribution < 1.29 is 38.0 Å². The van der Waals surface area contributed by atoms with Gasteiger partial charge in [0.25, 0.3) is 0 Å². The molecule has 0 aromatic heterocycles. The number of aliphatic hydroxyl groups excluding tert-OH is 2. The lowest BCUT2D eigenvalue weighted by Crippen LogP contribution is -2.51. The quantitative estimate of drug-likeness (QED) is 0.0286. The Bertz CT molecular complexity index is 796. The van der Waals surface area contributed by atoms with Crippen molar-refractivity contribution in [3.63, 3.8) is 0 Å². The second-order valence-electron chi connectivity index (χ2n) is 15.5. The number of phosphoric acid groups is 1.